The number of aromatic amines is 1. The van der Waals surface area contributed by atoms with E-state index < -0.39 is 5.25 Å². The first-order chi connectivity index (χ1) is 19.5. The van der Waals surface area contributed by atoms with Crippen LogP contribution >= 0.6 is 11.8 Å². The zero-order chi connectivity index (χ0) is 28.1. The number of amides is 1. The van der Waals surface area contributed by atoms with Gasteiger partial charge in [-0.1, -0.05) is 36.9 Å². The van der Waals surface area contributed by atoms with Crippen LogP contribution < -0.4 is 10.1 Å². The van der Waals surface area contributed by atoms with Gasteiger partial charge in [0.1, 0.15) is 5.75 Å². The number of ether oxygens (including phenoxy) is 1. The van der Waals surface area contributed by atoms with Crippen LogP contribution in [0.25, 0.3) is 28.0 Å². The van der Waals surface area contributed by atoms with Crippen molar-refractivity contribution in [3.63, 3.8) is 0 Å². The first-order valence-corrected chi connectivity index (χ1v) is 14.2. The van der Waals surface area contributed by atoms with Gasteiger partial charge in [-0.3, -0.25) is 14.2 Å². The Morgan fingerprint density at radius 1 is 1.00 bits per heavy atom. The Bertz CT molecular complexity index is 1620. The van der Waals surface area contributed by atoms with Crippen LogP contribution in [0.2, 0.25) is 0 Å². The number of carbonyl (C=O) groups is 2. The smallest absolute Gasteiger partial charge is 0.224 e. The molecule has 5 rings (SSSR count). The van der Waals surface area contributed by atoms with Crippen molar-refractivity contribution in [2.75, 3.05) is 11.9 Å². The van der Waals surface area contributed by atoms with Crippen LogP contribution in [-0.2, 0) is 4.79 Å². The van der Waals surface area contributed by atoms with E-state index in [2.05, 4.69) is 20.5 Å². The molecule has 2 heterocycles. The average Bonchev–Trinajstić information content (AvgIpc) is 3.58. The molecule has 0 fully saturated rings. The number of Topliss-reactive ketones (excluding diaryl/α,β-unsaturated/α-hetero) is 1. The highest BCUT2D eigenvalue weighted by atomic mass is 32.2. The first kappa shape index (κ1) is 27.2. The maximum atomic E-state index is 13.4. The van der Waals surface area contributed by atoms with Crippen molar-refractivity contribution in [1.29, 1.82) is 0 Å². The predicted octanol–water partition coefficient (Wildman–Crippen LogP) is 6.92. The minimum atomic E-state index is -0.429. The summed E-state index contributed by atoms with van der Waals surface area (Å²) in [6.45, 7) is 6.36. The van der Waals surface area contributed by atoms with Crippen molar-refractivity contribution in [2.45, 2.75) is 44.0 Å². The molecule has 2 N–H and O–H groups in total. The van der Waals surface area contributed by atoms with E-state index in [1.165, 1.54) is 11.8 Å². The quantitative estimate of drug-likeness (QED) is 0.136. The lowest BCUT2D eigenvalue weighted by molar-refractivity contribution is -0.116. The maximum absolute atomic E-state index is 13.4. The third-order valence-electron chi connectivity index (χ3n) is 6.45. The molecule has 3 aromatic carbocycles. The van der Waals surface area contributed by atoms with Crippen LogP contribution in [0, 0.1) is 0 Å². The molecule has 9 heteroatoms. The largest absolute Gasteiger partial charge is 0.494 e. The number of carbonyl (C=O) groups excluding carboxylic acids is 2. The van der Waals surface area contributed by atoms with Gasteiger partial charge < -0.3 is 15.0 Å². The molecular weight excluding hydrogens is 522 g/mol. The van der Waals surface area contributed by atoms with Gasteiger partial charge in [0.25, 0.3) is 0 Å². The third-order valence-corrected chi connectivity index (χ3v) is 7.49. The summed E-state index contributed by atoms with van der Waals surface area (Å²) in [5, 5.41) is 13.2. The van der Waals surface area contributed by atoms with Crippen molar-refractivity contribution in [3.8, 4) is 22.8 Å². The first-order valence-electron chi connectivity index (χ1n) is 13.3. The highest BCUT2D eigenvalue weighted by Gasteiger charge is 2.24. The number of rotatable bonds is 11. The van der Waals surface area contributed by atoms with Gasteiger partial charge in [-0.15, -0.1) is 10.2 Å². The molecule has 1 atom stereocenters. The zero-order valence-corrected chi connectivity index (χ0v) is 23.5. The zero-order valence-electron chi connectivity index (χ0n) is 22.7. The molecule has 0 saturated heterocycles. The highest BCUT2D eigenvalue weighted by molar-refractivity contribution is 8.00. The lowest BCUT2D eigenvalue weighted by Crippen LogP contribution is -2.15. The topological polar surface area (TPSA) is 102 Å². The van der Waals surface area contributed by atoms with E-state index >= 15 is 0 Å². The number of aromatic nitrogens is 4. The summed E-state index contributed by atoms with van der Waals surface area (Å²) in [6, 6.07) is 22.8. The van der Waals surface area contributed by atoms with Gasteiger partial charge in [0, 0.05) is 46.0 Å². The number of thioether (sulfide) groups is 1. The third kappa shape index (κ3) is 5.79. The highest BCUT2D eigenvalue weighted by Crippen LogP contribution is 2.34. The van der Waals surface area contributed by atoms with Gasteiger partial charge in [0.2, 0.25) is 5.91 Å². The average molecular weight is 554 g/mol. The Kier molecular flexibility index (Phi) is 8.31. The second-order valence-electron chi connectivity index (χ2n) is 9.32. The van der Waals surface area contributed by atoms with E-state index in [1.807, 2.05) is 80.1 Å². The van der Waals surface area contributed by atoms with Crippen molar-refractivity contribution in [3.05, 3.63) is 84.6 Å². The summed E-state index contributed by atoms with van der Waals surface area (Å²) >= 11 is 1.36. The number of fused-ring (bicyclic) bond motifs is 1. The Hall–Kier alpha value is -4.37. The molecule has 0 spiro atoms. The number of H-pyrrole nitrogens is 1. The monoisotopic (exact) mass is 553 g/mol. The van der Waals surface area contributed by atoms with Crippen LogP contribution in [0.1, 0.15) is 44.0 Å². The summed E-state index contributed by atoms with van der Waals surface area (Å²) in [6.07, 6.45) is 3.17. The SMILES string of the molecule is CCCC(=O)Nc1ccc(C(=O)[C@H](C)Sc2nnc(-c3c[nH]c4ccccc34)n2-c2ccc(OCC)cc2)cc1. The molecule has 2 aromatic heterocycles. The van der Waals surface area contributed by atoms with Crippen LogP contribution in [0.15, 0.2) is 84.1 Å². The number of nitrogens with one attached hydrogen (secondary N) is 2. The van der Waals surface area contributed by atoms with E-state index in [1.54, 1.807) is 24.3 Å². The van der Waals surface area contributed by atoms with E-state index in [0.29, 0.717) is 35.3 Å². The number of hydrogen-bond donors (Lipinski definition) is 2. The lowest BCUT2D eigenvalue weighted by Gasteiger charge is -2.14. The van der Waals surface area contributed by atoms with Crippen LogP contribution in [0.4, 0.5) is 5.69 Å². The number of ketones is 1. The van der Waals surface area contributed by atoms with Crippen molar-refractivity contribution in [2.24, 2.45) is 0 Å². The fraction of sp³-hybridized carbons (Fsp3) is 0.226. The number of nitrogens with zero attached hydrogens (tertiary/aromatic N) is 3. The molecule has 40 heavy (non-hydrogen) atoms. The number of anilines is 1. The van der Waals surface area contributed by atoms with Gasteiger partial charge >= 0.3 is 0 Å². The van der Waals surface area contributed by atoms with E-state index in [0.717, 1.165) is 34.3 Å². The number of hydrogen-bond acceptors (Lipinski definition) is 6. The second-order valence-corrected chi connectivity index (χ2v) is 10.6. The molecule has 0 aliphatic rings. The second kappa shape index (κ2) is 12.2. The van der Waals surface area contributed by atoms with Crippen LogP contribution in [0.3, 0.4) is 0 Å². The molecule has 8 nitrogen and oxygen atoms in total. The number of para-hydroxylation sites is 1. The van der Waals surface area contributed by atoms with Gasteiger partial charge in [0.15, 0.2) is 16.8 Å². The van der Waals surface area contributed by atoms with Crippen molar-refractivity contribution >= 4 is 40.0 Å². The van der Waals surface area contributed by atoms with Gasteiger partial charge in [0.05, 0.1) is 11.9 Å². The van der Waals surface area contributed by atoms with E-state index in [9.17, 15) is 9.59 Å². The van der Waals surface area contributed by atoms with E-state index in [-0.39, 0.29) is 11.7 Å². The molecule has 0 aliphatic heterocycles. The van der Waals surface area contributed by atoms with Gasteiger partial charge in [-0.25, -0.2) is 0 Å². The van der Waals surface area contributed by atoms with Gasteiger partial charge in [-0.2, -0.15) is 0 Å². The predicted molar refractivity (Wildman–Crippen MR) is 159 cm³/mol. The molecule has 0 saturated carbocycles. The molecule has 0 unspecified atom stereocenters. The Labute approximate surface area is 237 Å². The fourth-order valence-electron chi connectivity index (χ4n) is 4.48. The summed E-state index contributed by atoms with van der Waals surface area (Å²) in [5.74, 6) is 1.38. The molecule has 5 aromatic rings. The maximum Gasteiger partial charge on any atom is 0.224 e. The minimum absolute atomic E-state index is 0.0358. The summed E-state index contributed by atoms with van der Waals surface area (Å²) < 4.78 is 7.61. The van der Waals surface area contributed by atoms with Crippen molar-refractivity contribution in [1.82, 2.24) is 19.7 Å². The van der Waals surface area contributed by atoms with Crippen LogP contribution in [-0.4, -0.2) is 43.3 Å². The minimum Gasteiger partial charge on any atom is -0.494 e. The van der Waals surface area contributed by atoms with Gasteiger partial charge in [-0.05, 0) is 74.9 Å². The fourth-order valence-corrected chi connectivity index (χ4v) is 5.43. The summed E-state index contributed by atoms with van der Waals surface area (Å²) in [7, 11) is 0. The summed E-state index contributed by atoms with van der Waals surface area (Å²) in [5.41, 5.74) is 4.03. The van der Waals surface area contributed by atoms with Crippen molar-refractivity contribution < 1.29 is 14.3 Å². The molecular formula is C31H31N5O3S. The molecule has 0 radical (unpaired) electrons. The molecule has 204 valence electrons. The molecule has 0 aliphatic carbocycles. The Morgan fingerprint density at radius 3 is 2.48 bits per heavy atom. The number of benzene rings is 3. The van der Waals surface area contributed by atoms with Crippen LogP contribution in [0.5, 0.6) is 5.75 Å². The standard InChI is InChI=1S/C31H31N5O3S/c1-4-8-28(37)33-22-13-11-21(12-14-22)29(38)20(3)40-31-35-34-30(26-19-32-27-10-7-6-9-25(26)27)36(31)23-15-17-24(18-16-23)39-5-2/h6-7,9-20,32H,4-5,8H2,1-3H3,(H,33,37)/t20-/m0/s1. The Balaban J connectivity index is 1.44. The molecule has 1 amide bonds. The van der Waals surface area contributed by atoms with E-state index in [4.69, 9.17) is 4.74 Å². The normalized spacial score (nSPS) is 11.9. The Morgan fingerprint density at radius 2 is 1.75 bits per heavy atom. The lowest BCUT2D eigenvalue weighted by atomic mass is 10.1. The molecule has 0 bridgehead atoms. The summed E-state index contributed by atoms with van der Waals surface area (Å²) in [4.78, 5) is 28.6.